The number of likely N-dealkylation sites (tertiary alicyclic amines) is 1. The average Bonchev–Trinajstić information content (AvgIpc) is 3.46. The third kappa shape index (κ3) is 5.43. The number of H-pyrrole nitrogens is 1. The van der Waals surface area contributed by atoms with Crippen LogP contribution in [0.2, 0.25) is 0 Å². The van der Waals surface area contributed by atoms with Gasteiger partial charge in [-0.15, -0.1) is 0 Å². The third-order valence-corrected chi connectivity index (χ3v) is 8.36. The highest BCUT2D eigenvalue weighted by molar-refractivity contribution is 6.09. The number of hydrogen-bond donors (Lipinski definition) is 1. The lowest BCUT2D eigenvalue weighted by Gasteiger charge is -2.36. The van der Waals surface area contributed by atoms with E-state index < -0.39 is 0 Å². The lowest BCUT2D eigenvalue weighted by molar-refractivity contribution is 0.0983. The van der Waals surface area contributed by atoms with Gasteiger partial charge in [-0.05, 0) is 77.2 Å². The van der Waals surface area contributed by atoms with Gasteiger partial charge in [0, 0.05) is 60.1 Å². The number of fused-ring (bicyclic) bond motifs is 1. The SMILES string of the molecule is COc1cc(C)[nH]c(=O)c1CCC(=O)c1c(C)n([C@H](C)C2CCN(Cc3ccn(C)n3)CC2)c2ccccc12. The Balaban J connectivity index is 1.35. The highest BCUT2D eigenvalue weighted by Crippen LogP contribution is 2.36. The van der Waals surface area contributed by atoms with E-state index in [2.05, 4.69) is 45.5 Å². The van der Waals surface area contributed by atoms with Crippen molar-refractivity contribution >= 4 is 16.7 Å². The lowest BCUT2D eigenvalue weighted by atomic mass is 9.89. The monoisotopic (exact) mass is 529 g/mol. The molecule has 8 nitrogen and oxygen atoms in total. The van der Waals surface area contributed by atoms with Gasteiger partial charge < -0.3 is 14.3 Å². The Bertz CT molecular complexity index is 1540. The van der Waals surface area contributed by atoms with Crippen LogP contribution in [0.3, 0.4) is 0 Å². The molecular weight excluding hydrogens is 490 g/mol. The second-order valence-corrected chi connectivity index (χ2v) is 10.9. The molecule has 4 aromatic rings. The molecule has 1 aliphatic heterocycles. The molecule has 0 aliphatic carbocycles. The molecular formula is C31H39N5O3. The van der Waals surface area contributed by atoms with Crippen LogP contribution in [0.5, 0.6) is 5.75 Å². The number of aromatic amines is 1. The first-order valence-electron chi connectivity index (χ1n) is 13.9. The number of ketones is 1. The number of benzene rings is 1. The predicted octanol–water partition coefficient (Wildman–Crippen LogP) is 4.98. The molecule has 1 saturated heterocycles. The zero-order chi connectivity index (χ0) is 27.7. The Hall–Kier alpha value is -3.65. The number of methoxy groups -OCH3 is 1. The van der Waals surface area contributed by atoms with Crippen molar-refractivity contribution in [1.82, 2.24) is 24.2 Å². The molecule has 1 atom stereocenters. The van der Waals surface area contributed by atoms with Crippen molar-refractivity contribution in [2.75, 3.05) is 20.2 Å². The second kappa shape index (κ2) is 11.2. The minimum atomic E-state index is -0.193. The van der Waals surface area contributed by atoms with Gasteiger partial charge in [-0.25, -0.2) is 0 Å². The van der Waals surface area contributed by atoms with Gasteiger partial charge in [0.25, 0.3) is 5.56 Å². The molecule has 4 heterocycles. The fraction of sp³-hybridized carbons (Fsp3) is 0.452. The molecule has 0 unspecified atom stereocenters. The summed E-state index contributed by atoms with van der Waals surface area (Å²) < 4.78 is 9.68. The quantitative estimate of drug-likeness (QED) is 0.309. The van der Waals surface area contributed by atoms with Gasteiger partial charge >= 0.3 is 0 Å². The van der Waals surface area contributed by atoms with E-state index in [1.165, 1.54) is 0 Å². The van der Waals surface area contributed by atoms with Crippen LogP contribution in [-0.2, 0) is 20.0 Å². The van der Waals surface area contributed by atoms with E-state index in [4.69, 9.17) is 4.74 Å². The summed E-state index contributed by atoms with van der Waals surface area (Å²) in [7, 11) is 3.51. The largest absolute Gasteiger partial charge is 0.496 e. The van der Waals surface area contributed by atoms with Gasteiger partial charge in [-0.3, -0.25) is 19.2 Å². The zero-order valence-electron chi connectivity index (χ0n) is 23.7. The number of carbonyl (C=O) groups is 1. The Kier molecular flexibility index (Phi) is 7.75. The highest BCUT2D eigenvalue weighted by atomic mass is 16.5. The Morgan fingerprint density at radius 3 is 2.62 bits per heavy atom. The van der Waals surface area contributed by atoms with Gasteiger partial charge in [0.2, 0.25) is 0 Å². The van der Waals surface area contributed by atoms with Crippen molar-refractivity contribution in [3.8, 4) is 5.75 Å². The van der Waals surface area contributed by atoms with E-state index in [0.717, 1.165) is 66.0 Å². The van der Waals surface area contributed by atoms with Gasteiger partial charge in [0.15, 0.2) is 5.78 Å². The summed E-state index contributed by atoms with van der Waals surface area (Å²) in [5.41, 5.74) is 5.06. The molecule has 3 aromatic heterocycles. The topological polar surface area (TPSA) is 85.1 Å². The van der Waals surface area contributed by atoms with Crippen LogP contribution in [-0.4, -0.2) is 50.2 Å². The molecule has 1 N–H and O–H groups in total. The van der Waals surface area contributed by atoms with Crippen LogP contribution >= 0.6 is 0 Å². The molecule has 39 heavy (non-hydrogen) atoms. The number of nitrogens with one attached hydrogen (secondary N) is 1. The van der Waals surface area contributed by atoms with Crippen molar-refractivity contribution in [3.63, 3.8) is 0 Å². The van der Waals surface area contributed by atoms with Gasteiger partial charge in [0.05, 0.1) is 18.4 Å². The molecule has 0 bridgehead atoms. The molecule has 0 amide bonds. The van der Waals surface area contributed by atoms with Crippen molar-refractivity contribution in [2.45, 2.75) is 59.0 Å². The number of aryl methyl sites for hydroxylation is 2. The van der Waals surface area contributed by atoms with Crippen molar-refractivity contribution in [3.05, 3.63) is 81.2 Å². The molecule has 5 rings (SSSR count). The molecule has 0 saturated carbocycles. The van der Waals surface area contributed by atoms with Gasteiger partial charge in [-0.2, -0.15) is 5.10 Å². The molecule has 8 heteroatoms. The first kappa shape index (κ1) is 26.9. The maximum absolute atomic E-state index is 13.7. The van der Waals surface area contributed by atoms with Crippen LogP contribution in [0.4, 0.5) is 0 Å². The second-order valence-electron chi connectivity index (χ2n) is 10.9. The Morgan fingerprint density at radius 1 is 1.18 bits per heavy atom. The molecule has 0 spiro atoms. The molecule has 0 radical (unpaired) electrons. The number of aromatic nitrogens is 4. The number of rotatable bonds is 9. The average molecular weight is 530 g/mol. The van der Waals surface area contributed by atoms with E-state index in [-0.39, 0.29) is 23.8 Å². The predicted molar refractivity (Wildman–Crippen MR) is 154 cm³/mol. The maximum Gasteiger partial charge on any atom is 0.255 e. The van der Waals surface area contributed by atoms with Crippen LogP contribution in [0.1, 0.15) is 65.2 Å². The van der Waals surface area contributed by atoms with Crippen LogP contribution in [0.25, 0.3) is 10.9 Å². The third-order valence-electron chi connectivity index (χ3n) is 8.36. The zero-order valence-corrected chi connectivity index (χ0v) is 23.7. The summed E-state index contributed by atoms with van der Waals surface area (Å²) in [5.74, 6) is 1.12. The number of pyridine rings is 1. The molecule has 1 aliphatic rings. The number of Topliss-reactive ketones (excluding diaryl/α,β-unsaturated/α-hetero) is 1. The van der Waals surface area contributed by atoms with Crippen molar-refractivity contribution in [1.29, 1.82) is 0 Å². The summed E-state index contributed by atoms with van der Waals surface area (Å²) in [4.78, 5) is 31.6. The van der Waals surface area contributed by atoms with Crippen molar-refractivity contribution < 1.29 is 9.53 Å². The minimum absolute atomic E-state index is 0.0573. The smallest absolute Gasteiger partial charge is 0.255 e. The summed E-state index contributed by atoms with van der Waals surface area (Å²) >= 11 is 0. The number of carbonyl (C=O) groups excluding carboxylic acids is 1. The van der Waals surface area contributed by atoms with E-state index in [9.17, 15) is 9.59 Å². The first-order valence-corrected chi connectivity index (χ1v) is 13.9. The maximum atomic E-state index is 13.7. The fourth-order valence-corrected chi connectivity index (χ4v) is 6.32. The fourth-order valence-electron chi connectivity index (χ4n) is 6.32. The highest BCUT2D eigenvalue weighted by Gasteiger charge is 2.29. The Morgan fingerprint density at radius 2 is 1.92 bits per heavy atom. The summed E-state index contributed by atoms with van der Waals surface area (Å²) in [6.45, 7) is 9.16. The van der Waals surface area contributed by atoms with Crippen molar-refractivity contribution in [2.24, 2.45) is 13.0 Å². The van der Waals surface area contributed by atoms with E-state index in [1.54, 1.807) is 7.11 Å². The molecule has 1 fully saturated rings. The van der Waals surface area contributed by atoms with Crippen LogP contribution in [0, 0.1) is 19.8 Å². The number of ether oxygens (including phenoxy) is 1. The standard InChI is InChI=1S/C31H39N5O3/c1-20-18-29(39-5)26(31(38)32-20)10-11-28(37)30-22(3)36(27-9-7-6-8-25(27)30)21(2)23-12-16-35(17-13-23)19-24-14-15-34(4)33-24/h6-9,14-15,18,21,23H,10-13,16-17,19H2,1-5H3,(H,32,38)/t21-/m1/s1. The summed E-state index contributed by atoms with van der Waals surface area (Å²) in [5, 5.41) is 5.53. The van der Waals surface area contributed by atoms with E-state index in [1.807, 2.05) is 49.1 Å². The minimum Gasteiger partial charge on any atom is -0.496 e. The van der Waals surface area contributed by atoms with E-state index >= 15 is 0 Å². The normalized spacial score (nSPS) is 15.6. The Labute approximate surface area is 229 Å². The van der Waals surface area contributed by atoms with Gasteiger partial charge in [-0.1, -0.05) is 18.2 Å². The molecule has 1 aromatic carbocycles. The lowest BCUT2D eigenvalue weighted by Crippen LogP contribution is -2.36. The number of hydrogen-bond acceptors (Lipinski definition) is 5. The number of nitrogens with zero attached hydrogens (tertiary/aromatic N) is 4. The number of para-hydroxylation sites is 1. The van der Waals surface area contributed by atoms with Gasteiger partial charge in [0.1, 0.15) is 5.75 Å². The summed E-state index contributed by atoms with van der Waals surface area (Å²) in [6, 6.07) is 12.4. The van der Waals surface area contributed by atoms with Crippen LogP contribution < -0.4 is 10.3 Å². The summed E-state index contributed by atoms with van der Waals surface area (Å²) in [6.07, 6.45) is 4.80. The van der Waals surface area contributed by atoms with Crippen LogP contribution in [0.15, 0.2) is 47.4 Å². The van der Waals surface area contributed by atoms with E-state index in [0.29, 0.717) is 23.7 Å². The number of piperidine rings is 1. The first-order chi connectivity index (χ1) is 18.8. The molecule has 206 valence electrons.